The lowest BCUT2D eigenvalue weighted by molar-refractivity contribution is -0.118. The number of halogens is 1. The van der Waals surface area contributed by atoms with Crippen molar-refractivity contribution in [3.8, 4) is 0 Å². The van der Waals surface area contributed by atoms with Crippen LogP contribution in [0.15, 0.2) is 12.5 Å². The molecule has 0 spiro atoms. The fourth-order valence-electron chi connectivity index (χ4n) is 4.16. The summed E-state index contributed by atoms with van der Waals surface area (Å²) in [5.74, 6) is 0.151. The number of fused-ring (bicyclic) bond motifs is 2. The van der Waals surface area contributed by atoms with Crippen molar-refractivity contribution >= 4 is 47.9 Å². The minimum Gasteiger partial charge on any atom is -0.450 e. The van der Waals surface area contributed by atoms with E-state index in [2.05, 4.69) is 20.3 Å². The van der Waals surface area contributed by atoms with Gasteiger partial charge in [-0.2, -0.15) is 4.98 Å². The number of hydrogen-bond acceptors (Lipinski definition) is 13. The van der Waals surface area contributed by atoms with Crippen molar-refractivity contribution in [1.82, 2.24) is 24.8 Å². The van der Waals surface area contributed by atoms with E-state index in [9.17, 15) is 14.2 Å². The molecule has 2 aliphatic rings. The number of anilines is 1. The second kappa shape index (κ2) is 11.6. The highest BCUT2D eigenvalue weighted by molar-refractivity contribution is 8.13. The topological polar surface area (TPSA) is 179 Å². The number of carbonyl (C=O) groups excluding carboxylic acids is 2. The number of thioether (sulfide) groups is 1. The first-order chi connectivity index (χ1) is 18.4. The molecule has 14 nitrogen and oxygen atoms in total. The molecule has 216 valence electrons. The van der Waals surface area contributed by atoms with Gasteiger partial charge in [0.2, 0.25) is 5.95 Å². The third-order valence-electron chi connectivity index (χ3n) is 6.32. The van der Waals surface area contributed by atoms with E-state index in [1.165, 1.54) is 24.0 Å². The second-order valence-electron chi connectivity index (χ2n) is 9.79. The van der Waals surface area contributed by atoms with E-state index in [-0.39, 0.29) is 48.8 Å². The van der Waals surface area contributed by atoms with Gasteiger partial charge >= 0.3 is 13.9 Å². The largest absolute Gasteiger partial charge is 0.475 e. The van der Waals surface area contributed by atoms with Crippen LogP contribution < -0.4 is 11.1 Å². The summed E-state index contributed by atoms with van der Waals surface area (Å²) in [5, 5.41) is 2.44. The van der Waals surface area contributed by atoms with Gasteiger partial charge in [-0.1, -0.05) is 25.6 Å². The summed E-state index contributed by atoms with van der Waals surface area (Å²) >= 11 is 0.988. The van der Waals surface area contributed by atoms with Crippen LogP contribution in [-0.4, -0.2) is 80.7 Å². The number of carbonyl (C=O) groups is 2. The van der Waals surface area contributed by atoms with Crippen molar-refractivity contribution in [1.29, 1.82) is 0 Å². The number of rotatable bonds is 10. The van der Waals surface area contributed by atoms with E-state index in [0.29, 0.717) is 11.9 Å². The number of nitrogens with one attached hydrogen (secondary N) is 1. The first-order valence-electron chi connectivity index (χ1n) is 12.3. The number of phosphoric ester groups is 1. The maximum absolute atomic E-state index is 16.1. The van der Waals surface area contributed by atoms with Crippen molar-refractivity contribution in [2.75, 3.05) is 37.9 Å². The fraction of sp³-hybridized carbons (Fsp3) is 0.682. The third kappa shape index (κ3) is 6.52. The predicted molar refractivity (Wildman–Crippen MR) is 138 cm³/mol. The van der Waals surface area contributed by atoms with Gasteiger partial charge in [-0.05, 0) is 20.3 Å². The minimum absolute atomic E-state index is 0.00853. The molecule has 39 heavy (non-hydrogen) atoms. The zero-order valence-corrected chi connectivity index (χ0v) is 23.7. The lowest BCUT2D eigenvalue weighted by atomic mass is 9.91. The Morgan fingerprint density at radius 2 is 2.18 bits per heavy atom. The average molecular weight is 591 g/mol. The molecule has 0 bridgehead atoms. The number of ether oxygens (including phenoxy) is 2. The molecule has 2 aromatic heterocycles. The van der Waals surface area contributed by atoms with Crippen molar-refractivity contribution in [2.24, 2.45) is 5.41 Å². The molecular weight excluding hydrogens is 558 g/mol. The van der Waals surface area contributed by atoms with E-state index < -0.39 is 43.4 Å². The summed E-state index contributed by atoms with van der Waals surface area (Å²) in [7, 11) is -4.14. The number of nitrogens with zero attached hydrogens (tertiary/aromatic N) is 4. The molecule has 3 N–H and O–H groups in total. The highest BCUT2D eigenvalue weighted by Gasteiger charge is 2.61. The van der Waals surface area contributed by atoms with Gasteiger partial charge < -0.3 is 20.5 Å². The molecule has 4 heterocycles. The number of amides is 1. The Kier molecular flexibility index (Phi) is 8.83. The molecular formula is C22H32FN6O8PS. The van der Waals surface area contributed by atoms with E-state index in [1.807, 2.05) is 0 Å². The molecule has 2 saturated heterocycles. The van der Waals surface area contributed by atoms with Crippen LogP contribution in [0.25, 0.3) is 11.2 Å². The first kappa shape index (κ1) is 29.6. The molecule has 5 atom stereocenters. The monoisotopic (exact) mass is 590 g/mol. The minimum atomic E-state index is -4.14. The maximum atomic E-state index is 16.1. The number of alkyl carbamates (subject to hydrolysis) is 1. The normalized spacial score (nSPS) is 28.8. The number of phosphoric acid groups is 1. The van der Waals surface area contributed by atoms with Gasteiger partial charge in [-0.3, -0.25) is 22.9 Å². The summed E-state index contributed by atoms with van der Waals surface area (Å²) in [4.78, 5) is 36.2. The van der Waals surface area contributed by atoms with Crippen LogP contribution in [0.4, 0.5) is 15.1 Å². The Balaban J connectivity index is 1.29. The SMILES string of the molecule is CCOC(=O)NCCC(C)(C)C(=O)SCCOP1(=O)OC[C@H]2O[C@@H](n3cnc4cnc(N)nc43)[C@](C)(F)[C@@H]2O1. The van der Waals surface area contributed by atoms with Gasteiger partial charge in [0, 0.05) is 17.7 Å². The van der Waals surface area contributed by atoms with Crippen LogP contribution in [0.3, 0.4) is 0 Å². The Morgan fingerprint density at radius 1 is 1.41 bits per heavy atom. The number of alkyl halides is 1. The van der Waals surface area contributed by atoms with Gasteiger partial charge in [-0.25, -0.2) is 23.7 Å². The van der Waals surface area contributed by atoms with Gasteiger partial charge in [0.05, 0.1) is 32.3 Å². The maximum Gasteiger partial charge on any atom is 0.475 e. The van der Waals surface area contributed by atoms with Crippen molar-refractivity contribution in [3.63, 3.8) is 0 Å². The molecule has 0 radical (unpaired) electrons. The van der Waals surface area contributed by atoms with Crippen LogP contribution in [-0.2, 0) is 32.4 Å². The van der Waals surface area contributed by atoms with Gasteiger partial charge in [-0.15, -0.1) is 0 Å². The number of aromatic nitrogens is 4. The highest BCUT2D eigenvalue weighted by atomic mass is 32.2. The molecule has 4 rings (SSSR count). The molecule has 2 aromatic rings. The van der Waals surface area contributed by atoms with Crippen LogP contribution in [0, 0.1) is 5.41 Å². The number of hydrogen-bond donors (Lipinski definition) is 2. The number of nitrogens with two attached hydrogens (primary N) is 1. The van der Waals surface area contributed by atoms with Crippen molar-refractivity contribution < 1.29 is 41.6 Å². The van der Waals surface area contributed by atoms with E-state index in [0.717, 1.165) is 11.8 Å². The first-order valence-corrected chi connectivity index (χ1v) is 14.8. The van der Waals surface area contributed by atoms with Crippen LogP contribution in [0.5, 0.6) is 0 Å². The summed E-state index contributed by atoms with van der Waals surface area (Å²) in [6, 6.07) is 0. The average Bonchev–Trinajstić information content (AvgIpc) is 3.38. The van der Waals surface area contributed by atoms with Gasteiger partial charge in [0.15, 0.2) is 22.7 Å². The zero-order chi connectivity index (χ0) is 28.4. The van der Waals surface area contributed by atoms with E-state index >= 15 is 4.39 Å². The molecule has 0 aliphatic carbocycles. The zero-order valence-electron chi connectivity index (χ0n) is 22.0. The highest BCUT2D eigenvalue weighted by Crippen LogP contribution is 2.59. The summed E-state index contributed by atoms with van der Waals surface area (Å²) in [5.41, 5.74) is 3.45. The molecule has 0 aromatic carbocycles. The predicted octanol–water partition coefficient (Wildman–Crippen LogP) is 3.00. The Hall–Kier alpha value is -2.36. The summed E-state index contributed by atoms with van der Waals surface area (Å²) < 4.78 is 57.4. The quantitative estimate of drug-likeness (QED) is 0.305. The standard InChI is InChI=1S/C22H32FN6O8PS/c1-5-33-20(31)25-7-6-21(2,3)18(30)39-9-8-34-38(32)35-11-14-15(37-38)22(4,23)17(36-14)29-12-27-13-10-26-19(24)28-16(13)29/h10,12,14-15,17H,5-9,11H2,1-4H3,(H,25,31)(H2,24,26,28)/t14-,15-,17-,22-,38?/m1/s1. The van der Waals surface area contributed by atoms with Gasteiger partial charge in [0.25, 0.3) is 0 Å². The summed E-state index contributed by atoms with van der Waals surface area (Å²) in [6.07, 6.45) is -0.716. The summed E-state index contributed by atoms with van der Waals surface area (Å²) in [6.45, 7) is 6.64. The number of nitrogen functional groups attached to an aromatic ring is 1. The Labute approximate surface area is 228 Å². The van der Waals surface area contributed by atoms with Crippen molar-refractivity contribution in [2.45, 2.75) is 58.2 Å². The van der Waals surface area contributed by atoms with Crippen molar-refractivity contribution in [3.05, 3.63) is 12.5 Å². The Morgan fingerprint density at radius 3 is 2.92 bits per heavy atom. The van der Waals surface area contributed by atoms with E-state index in [4.69, 9.17) is 28.8 Å². The molecule has 1 amide bonds. The number of imidazole rings is 1. The second-order valence-corrected chi connectivity index (χ2v) is 12.5. The molecule has 2 aliphatic heterocycles. The molecule has 17 heteroatoms. The van der Waals surface area contributed by atoms with E-state index in [1.54, 1.807) is 20.8 Å². The smallest absolute Gasteiger partial charge is 0.450 e. The Bertz CT molecular complexity index is 1260. The third-order valence-corrected chi connectivity index (χ3v) is 8.96. The van der Waals surface area contributed by atoms with Crippen LogP contribution in [0.1, 0.15) is 40.3 Å². The molecule has 1 unspecified atom stereocenters. The lowest BCUT2D eigenvalue weighted by Crippen LogP contribution is -2.44. The van der Waals surface area contributed by atoms with Crippen LogP contribution in [0.2, 0.25) is 0 Å². The fourth-order valence-corrected chi connectivity index (χ4v) is 6.59. The van der Waals surface area contributed by atoms with Crippen LogP contribution >= 0.6 is 19.6 Å². The van der Waals surface area contributed by atoms with Gasteiger partial charge in [0.1, 0.15) is 17.7 Å². The molecule has 2 fully saturated rings. The molecule has 0 saturated carbocycles. The lowest BCUT2D eigenvalue weighted by Gasteiger charge is -2.33.